The Balaban J connectivity index is 3.69. The normalized spacial score (nSPS) is 12.4. The fraction of sp³-hybridized carbons (Fsp3) is 0.839. The molecule has 0 aliphatic heterocycles. The van der Waals surface area contributed by atoms with Gasteiger partial charge >= 0.3 is 11.9 Å². The van der Waals surface area contributed by atoms with Crippen LogP contribution in [0.5, 0.6) is 0 Å². The number of unbranched alkanes of at least 4 members (excludes halogenated alkanes) is 17. The molecule has 0 heterocycles. The summed E-state index contributed by atoms with van der Waals surface area (Å²) in [6.45, 7) is 0.353. The van der Waals surface area contributed by atoms with Crippen LogP contribution in [0.15, 0.2) is 0 Å². The number of hydrogen-bond donors (Lipinski definition) is 6. The van der Waals surface area contributed by atoms with Crippen molar-refractivity contribution in [1.82, 2.24) is 16.1 Å². The van der Waals surface area contributed by atoms with Crippen LogP contribution in [0.3, 0.4) is 0 Å². The monoisotopic (exact) mass is 598 g/mol. The third-order valence-electron chi connectivity index (χ3n) is 7.51. The van der Waals surface area contributed by atoms with Crippen LogP contribution in [-0.2, 0) is 24.0 Å². The van der Waals surface area contributed by atoms with Gasteiger partial charge in [-0.1, -0.05) is 89.9 Å². The molecule has 0 radical (unpaired) electrons. The Bertz CT molecular complexity index is 736. The maximum absolute atomic E-state index is 12.2. The summed E-state index contributed by atoms with van der Waals surface area (Å²) in [7, 11) is 0. The number of hydrazine groups is 1. The van der Waals surface area contributed by atoms with Crippen molar-refractivity contribution in [3.8, 4) is 0 Å². The Hall–Kier alpha value is -2.53. The number of carboxylic acid groups (broad SMARTS) is 2. The molecule has 244 valence electrons. The summed E-state index contributed by atoms with van der Waals surface area (Å²) in [5.74, 6) is 2.37. The van der Waals surface area contributed by atoms with Gasteiger partial charge in [-0.25, -0.2) is 10.2 Å². The summed E-state index contributed by atoms with van der Waals surface area (Å²) in [5.41, 5.74) is 2.22. The number of nitrogens with two attached hydrogens (primary N) is 1. The van der Waals surface area contributed by atoms with E-state index in [-0.39, 0.29) is 31.1 Å². The lowest BCUT2D eigenvalue weighted by molar-refractivity contribution is -0.142. The predicted octanol–water partition coefficient (Wildman–Crippen LogP) is 4.76. The third-order valence-corrected chi connectivity index (χ3v) is 7.51. The molecule has 0 spiro atoms. The van der Waals surface area contributed by atoms with Crippen LogP contribution < -0.4 is 21.9 Å². The molecular formula is C31H58N4O7. The Kier molecular flexibility index (Phi) is 26.9. The number of aliphatic carboxylic acids is 2. The van der Waals surface area contributed by atoms with Crippen LogP contribution >= 0.6 is 0 Å². The van der Waals surface area contributed by atoms with E-state index in [0.29, 0.717) is 32.2 Å². The maximum Gasteiger partial charge on any atom is 0.326 e. The van der Waals surface area contributed by atoms with Crippen molar-refractivity contribution in [3.05, 3.63) is 0 Å². The van der Waals surface area contributed by atoms with Gasteiger partial charge in [0.25, 0.3) is 0 Å². The number of carbonyl (C=O) groups is 5. The van der Waals surface area contributed by atoms with E-state index in [2.05, 4.69) is 16.1 Å². The van der Waals surface area contributed by atoms with Gasteiger partial charge in [-0.15, -0.1) is 0 Å². The second-order valence-corrected chi connectivity index (χ2v) is 11.3. The molecule has 11 heteroatoms. The Morgan fingerprint density at radius 1 is 0.571 bits per heavy atom. The number of hydrogen-bond acceptors (Lipinski definition) is 7. The van der Waals surface area contributed by atoms with Crippen molar-refractivity contribution in [2.75, 3.05) is 6.54 Å². The van der Waals surface area contributed by atoms with Crippen molar-refractivity contribution in [1.29, 1.82) is 0 Å². The molecule has 0 rings (SSSR count). The van der Waals surface area contributed by atoms with E-state index in [1.165, 1.54) is 70.6 Å². The van der Waals surface area contributed by atoms with Crippen molar-refractivity contribution in [2.24, 2.45) is 5.84 Å². The standard InChI is InChI=1S/C31H58N4O7/c32-35-27(31(41)42)20-17-18-24-33-28(37)23-22-26(30(39)40)34-29(38)21-16-14-12-10-8-6-4-2-1-3-5-7-9-11-13-15-19-25-36/h25-27,35H,1-24,32H2,(H,33,37)(H,34,38)(H,39,40)(H,41,42)/t26-,27-/m0/s1. The van der Waals surface area contributed by atoms with Crippen molar-refractivity contribution < 1.29 is 34.2 Å². The van der Waals surface area contributed by atoms with E-state index in [0.717, 1.165) is 38.4 Å². The Morgan fingerprint density at radius 2 is 1.05 bits per heavy atom. The van der Waals surface area contributed by atoms with Crippen LogP contribution in [0.25, 0.3) is 0 Å². The first-order valence-electron chi connectivity index (χ1n) is 16.2. The highest BCUT2D eigenvalue weighted by molar-refractivity contribution is 5.84. The van der Waals surface area contributed by atoms with Gasteiger partial charge in [-0.2, -0.15) is 0 Å². The van der Waals surface area contributed by atoms with Gasteiger partial charge in [0.1, 0.15) is 18.4 Å². The highest BCUT2D eigenvalue weighted by Crippen LogP contribution is 2.14. The van der Waals surface area contributed by atoms with Crippen LogP contribution in [0.4, 0.5) is 0 Å². The summed E-state index contributed by atoms with van der Waals surface area (Å²) >= 11 is 0. The zero-order valence-electron chi connectivity index (χ0n) is 25.7. The minimum absolute atomic E-state index is 0.00844. The molecule has 0 aliphatic rings. The number of carboxylic acids is 2. The minimum Gasteiger partial charge on any atom is -0.480 e. The molecule has 0 aliphatic carbocycles. The highest BCUT2D eigenvalue weighted by Gasteiger charge is 2.21. The Morgan fingerprint density at radius 3 is 1.50 bits per heavy atom. The van der Waals surface area contributed by atoms with E-state index in [9.17, 15) is 29.1 Å². The van der Waals surface area contributed by atoms with Gasteiger partial charge in [0, 0.05) is 25.8 Å². The minimum atomic E-state index is -1.16. The van der Waals surface area contributed by atoms with E-state index >= 15 is 0 Å². The molecule has 0 unspecified atom stereocenters. The molecule has 0 aromatic carbocycles. The topological polar surface area (TPSA) is 188 Å². The number of nitrogens with one attached hydrogen (secondary N) is 3. The second kappa shape index (κ2) is 28.6. The molecule has 0 saturated heterocycles. The summed E-state index contributed by atoms with van der Waals surface area (Å²) in [4.78, 5) is 56.9. The number of aldehydes is 1. The zero-order chi connectivity index (χ0) is 31.3. The summed E-state index contributed by atoms with van der Waals surface area (Å²) in [6.07, 6.45) is 22.4. The highest BCUT2D eigenvalue weighted by atomic mass is 16.4. The lowest BCUT2D eigenvalue weighted by Gasteiger charge is -2.14. The quantitative estimate of drug-likeness (QED) is 0.0283. The lowest BCUT2D eigenvalue weighted by Crippen LogP contribution is -2.41. The smallest absolute Gasteiger partial charge is 0.326 e. The molecule has 0 fully saturated rings. The third kappa shape index (κ3) is 25.2. The molecule has 2 amide bonds. The number of rotatable bonds is 31. The fourth-order valence-electron chi connectivity index (χ4n) is 4.86. The van der Waals surface area contributed by atoms with Gasteiger partial charge in [0.05, 0.1) is 0 Å². The lowest BCUT2D eigenvalue weighted by atomic mass is 10.0. The predicted molar refractivity (Wildman–Crippen MR) is 164 cm³/mol. The molecule has 7 N–H and O–H groups in total. The first-order valence-corrected chi connectivity index (χ1v) is 16.2. The largest absolute Gasteiger partial charge is 0.480 e. The first kappa shape index (κ1) is 39.5. The molecule has 0 saturated carbocycles. The van der Waals surface area contributed by atoms with Crippen molar-refractivity contribution in [2.45, 2.75) is 160 Å². The molecule has 0 aromatic heterocycles. The van der Waals surface area contributed by atoms with E-state index < -0.39 is 24.0 Å². The van der Waals surface area contributed by atoms with Crippen LogP contribution in [0.1, 0.15) is 148 Å². The molecule has 0 aromatic rings. The molecule has 11 nitrogen and oxygen atoms in total. The maximum atomic E-state index is 12.2. The summed E-state index contributed by atoms with van der Waals surface area (Å²) in [5, 5.41) is 23.5. The SMILES string of the molecule is NN[C@@H](CCCCNC(=O)CC[C@H](NC(=O)CCCCCCCCCCCCCCCCCCC=O)C(=O)O)C(=O)O. The van der Waals surface area contributed by atoms with Crippen LogP contribution in [0.2, 0.25) is 0 Å². The Labute approximate surface area is 252 Å². The van der Waals surface area contributed by atoms with Crippen molar-refractivity contribution in [3.63, 3.8) is 0 Å². The van der Waals surface area contributed by atoms with Gasteiger partial charge in [0.2, 0.25) is 11.8 Å². The van der Waals surface area contributed by atoms with Crippen LogP contribution in [-0.4, -0.2) is 58.9 Å². The first-order chi connectivity index (χ1) is 20.3. The number of amides is 2. The van der Waals surface area contributed by atoms with E-state index in [1.54, 1.807) is 0 Å². The average molecular weight is 599 g/mol. The zero-order valence-corrected chi connectivity index (χ0v) is 25.7. The van der Waals surface area contributed by atoms with Gasteiger partial charge < -0.3 is 25.6 Å². The molecular weight excluding hydrogens is 540 g/mol. The molecule has 0 bridgehead atoms. The number of carbonyl (C=O) groups excluding carboxylic acids is 3. The molecule has 42 heavy (non-hydrogen) atoms. The summed E-state index contributed by atoms with van der Waals surface area (Å²) in [6, 6.07) is -1.93. The average Bonchev–Trinajstić information content (AvgIpc) is 2.96. The molecule has 2 atom stereocenters. The fourth-order valence-corrected chi connectivity index (χ4v) is 4.86. The van der Waals surface area contributed by atoms with E-state index in [1.807, 2.05) is 0 Å². The summed E-state index contributed by atoms with van der Waals surface area (Å²) < 4.78 is 0. The second-order valence-electron chi connectivity index (χ2n) is 11.3. The van der Waals surface area contributed by atoms with Gasteiger partial charge in [-0.05, 0) is 38.5 Å². The van der Waals surface area contributed by atoms with Crippen molar-refractivity contribution >= 4 is 30.0 Å². The van der Waals surface area contributed by atoms with Gasteiger partial charge in [0.15, 0.2) is 0 Å². The van der Waals surface area contributed by atoms with E-state index in [4.69, 9.17) is 10.9 Å². The van der Waals surface area contributed by atoms with Crippen LogP contribution in [0, 0.1) is 0 Å². The van der Waals surface area contributed by atoms with Gasteiger partial charge in [-0.3, -0.25) is 20.2 Å².